The van der Waals surface area contributed by atoms with Crippen molar-refractivity contribution in [3.05, 3.63) is 96.1 Å². The molecule has 10 N–H and O–H groups in total. The largest absolute Gasteiger partial charge is 1.00 e. The van der Waals surface area contributed by atoms with Crippen LogP contribution in [0.5, 0.6) is 0 Å². The summed E-state index contributed by atoms with van der Waals surface area (Å²) in [5.41, 5.74) is 12.5. The normalized spacial score (nSPS) is 10.6. The summed E-state index contributed by atoms with van der Waals surface area (Å²) >= 11 is 3.53. The van der Waals surface area contributed by atoms with Crippen molar-refractivity contribution in [1.29, 1.82) is 0 Å². The van der Waals surface area contributed by atoms with Gasteiger partial charge in [-0.15, -0.1) is 12.4 Å². The summed E-state index contributed by atoms with van der Waals surface area (Å²) in [4.78, 5) is 92.6. The van der Waals surface area contributed by atoms with Gasteiger partial charge < -0.3 is 66.2 Å². The molecule has 0 bridgehead atoms. The van der Waals surface area contributed by atoms with Crippen LogP contribution in [-0.2, 0) is 70.2 Å². The van der Waals surface area contributed by atoms with Crippen molar-refractivity contribution < 1.29 is 211 Å². The minimum absolute atomic E-state index is 0. The number of carbonyl (C=O) groups excluding carboxylic acids is 7. The van der Waals surface area contributed by atoms with Crippen LogP contribution in [0.25, 0.3) is 11.1 Å². The van der Waals surface area contributed by atoms with Crippen molar-refractivity contribution >= 4 is 86.4 Å². The number of aliphatic hydroxyl groups is 3. The first-order chi connectivity index (χ1) is 45.0. The summed E-state index contributed by atoms with van der Waals surface area (Å²) in [6.45, 7) is 14.2. The van der Waals surface area contributed by atoms with Crippen LogP contribution in [0.4, 0.5) is 71.1 Å². The Hall–Kier alpha value is -5.59. The summed E-state index contributed by atoms with van der Waals surface area (Å²) in [5, 5.41) is 38.7. The first kappa shape index (κ1) is 120. The van der Waals surface area contributed by atoms with Crippen LogP contribution in [0.15, 0.2) is 84.9 Å². The van der Waals surface area contributed by atoms with E-state index in [-0.39, 0.29) is 102 Å². The van der Waals surface area contributed by atoms with E-state index < -0.39 is 139 Å². The second-order valence-corrected chi connectivity index (χ2v) is 20.5. The summed E-state index contributed by atoms with van der Waals surface area (Å²) in [7, 11) is 4.50. The molecule has 3 aromatic carbocycles. The Morgan fingerprint density at radius 2 is 0.775 bits per heavy atom. The van der Waals surface area contributed by atoms with E-state index in [0.717, 1.165) is 16.7 Å². The molecule has 0 aliphatic heterocycles. The number of benzene rings is 3. The van der Waals surface area contributed by atoms with Gasteiger partial charge in [0.1, 0.15) is 31.0 Å². The molecule has 3 aromatic rings. The third-order valence-corrected chi connectivity index (χ3v) is 9.82. The third-order valence-electron chi connectivity index (χ3n) is 9.82. The molecule has 22 nitrogen and oxygen atoms in total. The van der Waals surface area contributed by atoms with Gasteiger partial charge in [-0.25, -0.2) is 59.1 Å². The molecule has 0 saturated heterocycles. The molecule has 0 aliphatic carbocycles. The number of aliphatic hydroxyl groups excluding tert-OH is 3. The van der Waals surface area contributed by atoms with Gasteiger partial charge >= 0.3 is 105 Å². The van der Waals surface area contributed by atoms with E-state index in [4.69, 9.17) is 40.7 Å². The van der Waals surface area contributed by atoms with Crippen molar-refractivity contribution in [2.75, 3.05) is 45.8 Å². The molecule has 586 valence electrons. The number of halogens is 15. The summed E-state index contributed by atoms with van der Waals surface area (Å²) in [5.74, 6) is -36.2. The monoisotopic (exact) mass is 1570 g/mol. The Bertz CT molecular complexity index is 2600. The molecule has 40 heteroatoms. The summed E-state index contributed by atoms with van der Waals surface area (Å²) in [6, 6.07) is 27.2. The number of esters is 2. The van der Waals surface area contributed by atoms with Gasteiger partial charge in [-0.3, -0.25) is 19.2 Å². The number of carboxylic acid groups (broad SMARTS) is 2. The SMILES string of the molecule is CC(=O)C(F)(F)C(=O)O.CC(=O)C(F)(F)C(=O)O.CC(C)(C)OC(=O)OC(=O)OC(C)(C)C.CCC(F)(F)CO.CCC(F)(F)CO.CCC(F)(F)COC(=O)Cc1ccc(-c2ccccc2)cc1.CCOC(=O)C(F)(F)C(C)=O.CS.Cl.NCC(F)(F)CO.NCc1ccccc1.[B]C.[K+].[OH-]. The standard InChI is InChI=1S/C18H18F2O2.C10H18O5.C7H9N.C6H8F2O3.2C4H4F2O3.2C4H8F2O.C3H7F2NO.CH3B.CH4S.ClH.K.H2O/c1-2-18(19,20)13-22-17(21)12-14-8-10-16(11-9-14)15-6-4-3-5-7-15;1-9(2,3)14-7(11)13-8(12)15-10(4,5)6;8-6-7-4-2-1-3-5-7;1-3-11-5(10)6(7,8)4(2)9;2*1-2(7)4(5,6)3(8)9;2*1-2-4(5,6)3-7;4-3(5,1-6)2-7;2*1-2;;;/h3-11H,2,12-13H2,1H3;1-6H3;1-5H,6,8H2;3H2,1-2H3;2*1H3,(H,8,9);2*7H,2-3H2,1H3;7H,1-2,6H2;1H3;2H,1H3;1H;;1H2/q;;;;;;;;;;;;+1;/p-1. The first-order valence-electron chi connectivity index (χ1n) is 28.5. The number of hydrogen-bond acceptors (Lipinski definition) is 21. The van der Waals surface area contributed by atoms with E-state index in [1.54, 1.807) is 47.8 Å². The number of nitrogens with two attached hydrogens (primary N) is 2. The Morgan fingerprint density at radius 3 is 0.980 bits per heavy atom. The zero-order valence-corrected chi connectivity index (χ0v) is 64.0. The predicted octanol–water partition coefficient (Wildman–Crippen LogP) is 9.49. The zero-order chi connectivity index (χ0) is 80.2. The van der Waals surface area contributed by atoms with E-state index in [1.165, 1.54) is 40.1 Å². The maximum absolute atomic E-state index is 13.0. The molecular formula is C62H93BClF14KN2O20S. The fraction of sp³-hybridized carbons (Fsp3) is 0.565. The Kier molecular flexibility index (Phi) is 72.8. The van der Waals surface area contributed by atoms with Crippen LogP contribution < -0.4 is 62.9 Å². The molecule has 3 rings (SSSR count). The molecule has 0 saturated carbocycles. The number of carboxylic acids is 2. The van der Waals surface area contributed by atoms with Gasteiger partial charge in [0.15, 0.2) is 6.61 Å². The van der Waals surface area contributed by atoms with E-state index in [9.17, 15) is 105 Å². The Balaban J connectivity index is -0.000000104. The third kappa shape index (κ3) is 67.6. The van der Waals surface area contributed by atoms with Crippen molar-refractivity contribution in [2.24, 2.45) is 11.5 Å². The second kappa shape index (κ2) is 61.7. The number of carbonyl (C=O) groups is 9. The van der Waals surface area contributed by atoms with Crippen molar-refractivity contribution in [3.63, 3.8) is 0 Å². The maximum Gasteiger partial charge on any atom is 1.00 e. The number of aliphatic carboxylic acids is 2. The molecule has 0 atom stereocenters. The number of ether oxygens (including phenoxy) is 5. The van der Waals surface area contributed by atoms with Crippen LogP contribution in [0.1, 0.15) is 120 Å². The molecule has 0 unspecified atom stereocenters. The molecule has 0 amide bonds. The molecule has 0 aromatic heterocycles. The smallest absolute Gasteiger partial charge is 0.870 e. The van der Waals surface area contributed by atoms with E-state index in [1.807, 2.05) is 84.9 Å². The topological polar surface area (TPSA) is 383 Å². The van der Waals surface area contributed by atoms with Gasteiger partial charge in [0.05, 0.1) is 27.4 Å². The predicted molar refractivity (Wildman–Crippen MR) is 350 cm³/mol. The van der Waals surface area contributed by atoms with Gasteiger partial charge in [0.25, 0.3) is 23.7 Å². The van der Waals surface area contributed by atoms with Crippen LogP contribution in [0.2, 0.25) is 6.82 Å². The average molecular weight is 1570 g/mol. The summed E-state index contributed by atoms with van der Waals surface area (Å²) in [6.07, 6.45) is -1.35. The zero-order valence-electron chi connectivity index (χ0n) is 59.1. The molecule has 0 fully saturated rings. The second-order valence-electron chi connectivity index (χ2n) is 20.5. The number of alkyl halides is 14. The minimum Gasteiger partial charge on any atom is -0.870 e. The van der Waals surface area contributed by atoms with Crippen molar-refractivity contribution in [1.82, 2.24) is 0 Å². The van der Waals surface area contributed by atoms with E-state index in [2.05, 4.69) is 40.4 Å². The fourth-order valence-electron chi connectivity index (χ4n) is 4.13. The Labute approximate surface area is 639 Å². The summed E-state index contributed by atoms with van der Waals surface area (Å²) < 4.78 is 189. The molecule has 0 heterocycles. The van der Waals surface area contributed by atoms with E-state index in [0.29, 0.717) is 27.3 Å². The number of hydrogen-bond donors (Lipinski definition) is 8. The average Bonchev–Trinajstić information content (AvgIpc) is 0.879. The molecular weight excluding hydrogens is 1480 g/mol. The molecule has 0 spiro atoms. The molecule has 102 heavy (non-hydrogen) atoms. The number of thiol groups is 1. The number of ketones is 3. The van der Waals surface area contributed by atoms with Gasteiger partial charge in [-0.05, 0) is 77.0 Å². The van der Waals surface area contributed by atoms with Gasteiger partial charge in [-0.1, -0.05) is 113 Å². The maximum atomic E-state index is 13.0. The van der Waals surface area contributed by atoms with Crippen LogP contribution in [0, 0.1) is 0 Å². The number of rotatable bonds is 20. The quantitative estimate of drug-likeness (QED) is 0.0130. The van der Waals surface area contributed by atoms with Crippen LogP contribution in [-0.4, -0.2) is 191 Å². The van der Waals surface area contributed by atoms with Gasteiger partial charge in [0, 0.05) is 46.6 Å². The minimum atomic E-state index is -4.22. The van der Waals surface area contributed by atoms with E-state index >= 15 is 0 Å². The van der Waals surface area contributed by atoms with Crippen molar-refractivity contribution in [2.45, 2.75) is 182 Å². The molecule has 2 radical (unpaired) electrons. The Morgan fingerprint density at radius 1 is 0.471 bits per heavy atom. The molecule has 0 aliphatic rings. The number of Topliss-reactive ketones (excluding diaryl/α,β-unsaturated/α-hetero) is 3. The van der Waals surface area contributed by atoms with Crippen molar-refractivity contribution in [3.8, 4) is 11.1 Å². The fourth-order valence-corrected chi connectivity index (χ4v) is 4.13. The van der Waals surface area contributed by atoms with Gasteiger partial charge in [-0.2, -0.15) is 39.0 Å². The van der Waals surface area contributed by atoms with Crippen LogP contribution in [0.3, 0.4) is 0 Å². The van der Waals surface area contributed by atoms with Crippen LogP contribution >= 0.6 is 25.0 Å². The first-order valence-corrected chi connectivity index (χ1v) is 29.4. The van der Waals surface area contributed by atoms with Gasteiger partial charge in [0.2, 0.25) is 17.3 Å².